The van der Waals surface area contributed by atoms with Gasteiger partial charge in [-0.25, -0.2) is 0 Å². The Morgan fingerprint density at radius 1 is 1.18 bits per heavy atom. The van der Waals surface area contributed by atoms with Crippen LogP contribution in [0.3, 0.4) is 0 Å². The maximum atomic E-state index is 11.6. The van der Waals surface area contributed by atoms with E-state index in [1.54, 1.807) is 12.3 Å². The van der Waals surface area contributed by atoms with Gasteiger partial charge in [0.05, 0.1) is 12.8 Å². The number of aromatic amines is 1. The number of unbranched alkanes of at least 4 members (excludes halogenated alkanes) is 3. The standard InChI is InChI=1S/C13H19NO3/c1-17-13(16)9-5-3-2-4-8-12(15)11-7-6-10-14-11/h6-7,10,14H,2-5,8-9H2,1H3. The highest BCUT2D eigenvalue weighted by Crippen LogP contribution is 2.09. The van der Waals surface area contributed by atoms with Gasteiger partial charge in [-0.2, -0.15) is 0 Å². The second-order valence-corrected chi connectivity index (χ2v) is 4.00. The molecule has 0 spiro atoms. The van der Waals surface area contributed by atoms with E-state index in [1.165, 1.54) is 7.11 Å². The predicted molar refractivity (Wildman–Crippen MR) is 64.8 cm³/mol. The van der Waals surface area contributed by atoms with E-state index >= 15 is 0 Å². The maximum absolute atomic E-state index is 11.6. The second-order valence-electron chi connectivity index (χ2n) is 4.00. The molecule has 0 radical (unpaired) electrons. The molecule has 0 saturated heterocycles. The van der Waals surface area contributed by atoms with Gasteiger partial charge >= 0.3 is 5.97 Å². The van der Waals surface area contributed by atoms with Gasteiger partial charge in [-0.05, 0) is 25.0 Å². The molecule has 94 valence electrons. The van der Waals surface area contributed by atoms with E-state index < -0.39 is 0 Å². The van der Waals surface area contributed by atoms with Crippen molar-refractivity contribution in [2.75, 3.05) is 7.11 Å². The fourth-order valence-corrected chi connectivity index (χ4v) is 1.65. The van der Waals surface area contributed by atoms with Gasteiger partial charge in [-0.15, -0.1) is 0 Å². The molecule has 0 unspecified atom stereocenters. The Labute approximate surface area is 101 Å². The molecule has 0 aliphatic carbocycles. The van der Waals surface area contributed by atoms with Crippen molar-refractivity contribution >= 4 is 11.8 Å². The van der Waals surface area contributed by atoms with Crippen LogP contribution in [0.4, 0.5) is 0 Å². The monoisotopic (exact) mass is 237 g/mol. The van der Waals surface area contributed by atoms with Crippen LogP contribution in [0, 0.1) is 0 Å². The van der Waals surface area contributed by atoms with Gasteiger partial charge in [0, 0.05) is 19.0 Å². The molecule has 1 heterocycles. The minimum atomic E-state index is -0.160. The molecule has 0 saturated carbocycles. The van der Waals surface area contributed by atoms with Crippen LogP contribution in [0.25, 0.3) is 0 Å². The van der Waals surface area contributed by atoms with Gasteiger partial charge in [0.25, 0.3) is 0 Å². The molecule has 1 aromatic rings. The van der Waals surface area contributed by atoms with Crippen molar-refractivity contribution in [2.24, 2.45) is 0 Å². The Kier molecular flexibility index (Phi) is 6.07. The number of carbonyl (C=O) groups is 2. The molecular formula is C13H19NO3. The fourth-order valence-electron chi connectivity index (χ4n) is 1.65. The lowest BCUT2D eigenvalue weighted by Gasteiger charge is -2.00. The zero-order chi connectivity index (χ0) is 12.5. The van der Waals surface area contributed by atoms with Gasteiger partial charge in [-0.1, -0.05) is 12.8 Å². The Morgan fingerprint density at radius 2 is 1.88 bits per heavy atom. The number of ether oxygens (including phenoxy) is 1. The van der Waals surface area contributed by atoms with Crippen molar-refractivity contribution in [3.8, 4) is 0 Å². The number of aromatic nitrogens is 1. The first-order valence-electron chi connectivity index (χ1n) is 5.97. The average molecular weight is 237 g/mol. The predicted octanol–water partition coefficient (Wildman–Crippen LogP) is 2.71. The zero-order valence-electron chi connectivity index (χ0n) is 10.2. The molecule has 4 heteroatoms. The van der Waals surface area contributed by atoms with Crippen molar-refractivity contribution in [3.05, 3.63) is 24.0 Å². The topological polar surface area (TPSA) is 59.2 Å². The summed E-state index contributed by atoms with van der Waals surface area (Å²) >= 11 is 0. The molecule has 1 rings (SSSR count). The van der Waals surface area contributed by atoms with Crippen LogP contribution in [-0.2, 0) is 9.53 Å². The van der Waals surface area contributed by atoms with E-state index in [1.807, 2.05) is 6.07 Å². The molecule has 0 aliphatic heterocycles. The van der Waals surface area contributed by atoms with Crippen LogP contribution in [-0.4, -0.2) is 23.8 Å². The summed E-state index contributed by atoms with van der Waals surface area (Å²) in [5.74, 6) is -0.00423. The molecule has 1 aromatic heterocycles. The molecule has 0 atom stereocenters. The number of hydrogen-bond acceptors (Lipinski definition) is 3. The highest BCUT2D eigenvalue weighted by atomic mass is 16.5. The summed E-state index contributed by atoms with van der Waals surface area (Å²) in [6.07, 6.45) is 6.45. The Bertz CT molecular complexity index is 344. The number of rotatable bonds is 8. The van der Waals surface area contributed by atoms with Crippen molar-refractivity contribution in [1.82, 2.24) is 4.98 Å². The summed E-state index contributed by atoms with van der Waals surface area (Å²) in [6, 6.07) is 3.61. The second kappa shape index (κ2) is 7.65. The van der Waals surface area contributed by atoms with Crippen LogP contribution in [0.5, 0.6) is 0 Å². The number of carbonyl (C=O) groups excluding carboxylic acids is 2. The number of esters is 1. The van der Waals surface area contributed by atoms with Gasteiger partial charge in [0.1, 0.15) is 0 Å². The molecule has 0 aromatic carbocycles. The minimum Gasteiger partial charge on any atom is -0.469 e. The molecular weight excluding hydrogens is 218 g/mol. The largest absolute Gasteiger partial charge is 0.469 e. The van der Waals surface area contributed by atoms with Gasteiger partial charge < -0.3 is 9.72 Å². The Balaban J connectivity index is 2.01. The summed E-state index contributed by atoms with van der Waals surface area (Å²) in [5, 5.41) is 0. The summed E-state index contributed by atoms with van der Waals surface area (Å²) in [4.78, 5) is 25.3. The summed E-state index contributed by atoms with van der Waals surface area (Å²) < 4.78 is 4.55. The van der Waals surface area contributed by atoms with Gasteiger partial charge in [0.15, 0.2) is 5.78 Å². The molecule has 0 fully saturated rings. The van der Waals surface area contributed by atoms with Crippen LogP contribution < -0.4 is 0 Å². The number of nitrogens with one attached hydrogen (secondary N) is 1. The first-order valence-corrected chi connectivity index (χ1v) is 5.97. The van der Waals surface area contributed by atoms with Crippen LogP contribution >= 0.6 is 0 Å². The minimum absolute atomic E-state index is 0.156. The van der Waals surface area contributed by atoms with Gasteiger partial charge in [-0.3, -0.25) is 9.59 Å². The lowest BCUT2D eigenvalue weighted by Crippen LogP contribution is -2.00. The first kappa shape index (κ1) is 13.5. The smallest absolute Gasteiger partial charge is 0.305 e. The van der Waals surface area contributed by atoms with E-state index in [9.17, 15) is 9.59 Å². The number of hydrogen-bond donors (Lipinski definition) is 1. The lowest BCUT2D eigenvalue weighted by molar-refractivity contribution is -0.140. The number of H-pyrrole nitrogens is 1. The lowest BCUT2D eigenvalue weighted by atomic mass is 10.1. The summed E-state index contributed by atoms with van der Waals surface area (Å²) in [7, 11) is 1.40. The maximum Gasteiger partial charge on any atom is 0.305 e. The molecule has 4 nitrogen and oxygen atoms in total. The zero-order valence-corrected chi connectivity index (χ0v) is 10.2. The fraction of sp³-hybridized carbons (Fsp3) is 0.538. The van der Waals surface area contributed by atoms with E-state index in [2.05, 4.69) is 9.72 Å². The normalized spacial score (nSPS) is 10.2. The summed E-state index contributed by atoms with van der Waals surface area (Å²) in [5.41, 5.74) is 0.680. The van der Waals surface area contributed by atoms with Crippen LogP contribution in [0.2, 0.25) is 0 Å². The average Bonchev–Trinajstić information content (AvgIpc) is 2.86. The number of Topliss-reactive ketones (excluding diaryl/α,β-unsaturated/α-hetero) is 1. The molecule has 0 aliphatic rings. The van der Waals surface area contributed by atoms with Crippen molar-refractivity contribution in [3.63, 3.8) is 0 Å². The SMILES string of the molecule is COC(=O)CCCCCCC(=O)c1ccc[nH]1. The third-order valence-electron chi connectivity index (χ3n) is 2.66. The third-order valence-corrected chi connectivity index (χ3v) is 2.66. The van der Waals surface area contributed by atoms with Crippen molar-refractivity contribution in [2.45, 2.75) is 38.5 Å². The highest BCUT2D eigenvalue weighted by Gasteiger charge is 2.05. The van der Waals surface area contributed by atoms with Gasteiger partial charge in [0.2, 0.25) is 0 Å². The summed E-state index contributed by atoms with van der Waals surface area (Å²) in [6.45, 7) is 0. The molecule has 1 N–H and O–H groups in total. The van der Waals surface area contributed by atoms with E-state index in [-0.39, 0.29) is 11.8 Å². The van der Waals surface area contributed by atoms with E-state index in [0.29, 0.717) is 18.5 Å². The molecule has 0 bridgehead atoms. The van der Waals surface area contributed by atoms with E-state index in [4.69, 9.17) is 0 Å². The number of methoxy groups -OCH3 is 1. The first-order chi connectivity index (χ1) is 8.24. The number of ketones is 1. The third kappa shape index (κ3) is 5.33. The molecule has 0 amide bonds. The molecule has 17 heavy (non-hydrogen) atoms. The van der Waals surface area contributed by atoms with Crippen LogP contribution in [0.1, 0.15) is 49.0 Å². The van der Waals surface area contributed by atoms with Crippen molar-refractivity contribution < 1.29 is 14.3 Å². The van der Waals surface area contributed by atoms with Crippen molar-refractivity contribution in [1.29, 1.82) is 0 Å². The van der Waals surface area contributed by atoms with Crippen LogP contribution in [0.15, 0.2) is 18.3 Å². The Morgan fingerprint density at radius 3 is 2.47 bits per heavy atom. The van der Waals surface area contributed by atoms with E-state index in [0.717, 1.165) is 25.7 Å². The quantitative estimate of drug-likeness (QED) is 0.429. The highest BCUT2D eigenvalue weighted by molar-refractivity contribution is 5.94. The Hall–Kier alpha value is -1.58.